The zero-order chi connectivity index (χ0) is 14.2. The molecule has 0 aliphatic carbocycles. The summed E-state index contributed by atoms with van der Waals surface area (Å²) in [7, 11) is 0. The second-order valence-electron chi connectivity index (χ2n) is 4.91. The Hall–Kier alpha value is -1.64. The number of halogens is 1. The summed E-state index contributed by atoms with van der Waals surface area (Å²) in [6.07, 6.45) is 3.33. The minimum atomic E-state index is -0.386. The molecule has 1 heterocycles. The third-order valence-corrected chi connectivity index (χ3v) is 3.37. The zero-order valence-electron chi connectivity index (χ0n) is 11.5. The first kappa shape index (κ1) is 14.8. The molecule has 0 aromatic heterocycles. The second kappa shape index (κ2) is 7.83. The minimum Gasteiger partial charge on any atom is -0.383 e. The van der Waals surface area contributed by atoms with Gasteiger partial charge in [0, 0.05) is 13.2 Å². The number of nitrogens with zero attached hydrogens (tertiary/aromatic N) is 1. The van der Waals surface area contributed by atoms with Crippen LogP contribution in [-0.2, 0) is 4.74 Å². The van der Waals surface area contributed by atoms with Crippen LogP contribution in [-0.4, -0.2) is 32.3 Å². The molecule has 1 fully saturated rings. The van der Waals surface area contributed by atoms with Gasteiger partial charge < -0.3 is 15.4 Å². The molecule has 1 aliphatic rings. The molecule has 1 saturated heterocycles. The average molecular weight is 277 g/mol. The van der Waals surface area contributed by atoms with E-state index in [-0.39, 0.29) is 5.82 Å². The van der Waals surface area contributed by atoms with E-state index in [4.69, 9.17) is 10.00 Å². The van der Waals surface area contributed by atoms with Gasteiger partial charge in [0.1, 0.15) is 5.82 Å². The molecule has 20 heavy (non-hydrogen) atoms. The van der Waals surface area contributed by atoms with Crippen molar-refractivity contribution in [3.63, 3.8) is 0 Å². The highest BCUT2D eigenvalue weighted by Gasteiger charge is 2.12. The minimum absolute atomic E-state index is 0.335. The predicted molar refractivity (Wildman–Crippen MR) is 76.1 cm³/mol. The van der Waals surface area contributed by atoms with Gasteiger partial charge in [-0.1, -0.05) is 0 Å². The first-order chi connectivity index (χ1) is 9.79. The van der Waals surface area contributed by atoms with Crippen LogP contribution in [0.5, 0.6) is 0 Å². The number of rotatable bonds is 6. The Morgan fingerprint density at radius 3 is 2.90 bits per heavy atom. The Morgan fingerprint density at radius 2 is 2.20 bits per heavy atom. The van der Waals surface area contributed by atoms with E-state index < -0.39 is 0 Å². The monoisotopic (exact) mass is 277 g/mol. The lowest BCUT2D eigenvalue weighted by atomic mass is 10.1. The van der Waals surface area contributed by atoms with Gasteiger partial charge in [0.05, 0.1) is 23.4 Å². The Labute approximate surface area is 118 Å². The van der Waals surface area contributed by atoms with Crippen LogP contribution in [0.2, 0.25) is 0 Å². The molecule has 5 heteroatoms. The van der Waals surface area contributed by atoms with E-state index in [1.807, 2.05) is 6.07 Å². The molecule has 2 rings (SSSR count). The first-order valence-corrected chi connectivity index (χ1v) is 7.05. The van der Waals surface area contributed by atoms with Crippen LogP contribution in [0, 0.1) is 17.1 Å². The van der Waals surface area contributed by atoms with Gasteiger partial charge in [-0.05, 0) is 50.6 Å². The Kier molecular flexibility index (Phi) is 5.78. The normalized spacial score (nSPS) is 15.8. The van der Waals surface area contributed by atoms with Crippen LogP contribution in [0.25, 0.3) is 0 Å². The summed E-state index contributed by atoms with van der Waals surface area (Å²) in [5, 5.41) is 15.0. The molecule has 0 saturated carbocycles. The molecule has 0 spiro atoms. The van der Waals surface area contributed by atoms with Crippen molar-refractivity contribution in [2.45, 2.75) is 25.4 Å². The molecule has 0 atom stereocenters. The summed E-state index contributed by atoms with van der Waals surface area (Å²) in [6, 6.07) is 6.37. The maximum Gasteiger partial charge on any atom is 0.147 e. The fraction of sp³-hybridized carbons (Fsp3) is 0.533. The fourth-order valence-electron chi connectivity index (χ4n) is 2.24. The Balaban J connectivity index is 1.64. The Bertz CT molecular complexity index is 467. The van der Waals surface area contributed by atoms with Crippen LogP contribution in [0.4, 0.5) is 10.1 Å². The van der Waals surface area contributed by atoms with Gasteiger partial charge >= 0.3 is 0 Å². The quantitative estimate of drug-likeness (QED) is 0.783. The van der Waals surface area contributed by atoms with Crippen molar-refractivity contribution in [1.29, 1.82) is 5.26 Å². The summed E-state index contributed by atoms with van der Waals surface area (Å²) in [6.45, 7) is 3.40. The molecule has 2 N–H and O–H groups in total. The van der Waals surface area contributed by atoms with Crippen molar-refractivity contribution in [2.75, 3.05) is 31.6 Å². The second-order valence-corrected chi connectivity index (χ2v) is 4.91. The molecule has 0 unspecified atom stereocenters. The average Bonchev–Trinajstić information content (AvgIpc) is 2.49. The molecule has 1 aliphatic heterocycles. The van der Waals surface area contributed by atoms with E-state index >= 15 is 0 Å². The van der Waals surface area contributed by atoms with Crippen LogP contribution >= 0.6 is 0 Å². The number of hydrogen-bond donors (Lipinski definition) is 2. The van der Waals surface area contributed by atoms with Crippen molar-refractivity contribution in [2.24, 2.45) is 0 Å². The standard InChI is InChI=1S/C15H20FN3O/c16-14-10-12(11-17)2-3-15(14)19-6-1-9-20-13-4-7-18-8-5-13/h2-3,10,13,18-19H,1,4-9H2. The van der Waals surface area contributed by atoms with Gasteiger partial charge in [-0.2, -0.15) is 5.26 Å². The molecular formula is C15H20FN3O. The van der Waals surface area contributed by atoms with Crippen molar-refractivity contribution in [3.8, 4) is 6.07 Å². The highest BCUT2D eigenvalue weighted by molar-refractivity contribution is 5.48. The lowest BCUT2D eigenvalue weighted by Crippen LogP contribution is -2.32. The molecule has 0 radical (unpaired) electrons. The summed E-state index contributed by atoms with van der Waals surface area (Å²) >= 11 is 0. The summed E-state index contributed by atoms with van der Waals surface area (Å²) < 4.78 is 19.4. The van der Waals surface area contributed by atoms with Gasteiger partial charge in [0.25, 0.3) is 0 Å². The third kappa shape index (κ3) is 4.48. The highest BCUT2D eigenvalue weighted by atomic mass is 19.1. The number of hydrogen-bond acceptors (Lipinski definition) is 4. The lowest BCUT2D eigenvalue weighted by molar-refractivity contribution is 0.0329. The van der Waals surface area contributed by atoms with E-state index in [1.54, 1.807) is 12.1 Å². The van der Waals surface area contributed by atoms with Crippen molar-refractivity contribution in [1.82, 2.24) is 5.32 Å². The van der Waals surface area contributed by atoms with Crippen LogP contribution in [0.1, 0.15) is 24.8 Å². The predicted octanol–water partition coefficient (Wildman–Crippen LogP) is 2.27. The Morgan fingerprint density at radius 1 is 1.40 bits per heavy atom. The molecule has 4 nitrogen and oxygen atoms in total. The topological polar surface area (TPSA) is 57.1 Å². The zero-order valence-corrected chi connectivity index (χ0v) is 11.5. The number of nitriles is 1. The van der Waals surface area contributed by atoms with E-state index in [0.29, 0.717) is 30.5 Å². The molecule has 1 aromatic carbocycles. The van der Waals surface area contributed by atoms with Gasteiger partial charge in [-0.25, -0.2) is 4.39 Å². The van der Waals surface area contributed by atoms with Crippen LogP contribution in [0.3, 0.4) is 0 Å². The fourth-order valence-corrected chi connectivity index (χ4v) is 2.24. The number of ether oxygens (including phenoxy) is 1. The van der Waals surface area contributed by atoms with Crippen LogP contribution in [0.15, 0.2) is 18.2 Å². The number of nitrogens with one attached hydrogen (secondary N) is 2. The number of benzene rings is 1. The summed E-state index contributed by atoms with van der Waals surface area (Å²) in [4.78, 5) is 0. The van der Waals surface area contributed by atoms with Gasteiger partial charge in [0.2, 0.25) is 0 Å². The smallest absolute Gasteiger partial charge is 0.147 e. The summed E-state index contributed by atoms with van der Waals surface area (Å²) in [5.74, 6) is -0.386. The maximum atomic E-state index is 13.6. The maximum absolute atomic E-state index is 13.6. The SMILES string of the molecule is N#Cc1ccc(NCCCOC2CCNCC2)c(F)c1. The van der Waals surface area contributed by atoms with Gasteiger partial charge in [-0.3, -0.25) is 0 Å². The summed E-state index contributed by atoms with van der Waals surface area (Å²) in [5.41, 5.74) is 0.771. The van der Waals surface area contributed by atoms with E-state index in [2.05, 4.69) is 10.6 Å². The molecular weight excluding hydrogens is 257 g/mol. The molecule has 108 valence electrons. The van der Waals surface area contributed by atoms with E-state index in [1.165, 1.54) is 6.07 Å². The third-order valence-electron chi connectivity index (χ3n) is 3.37. The first-order valence-electron chi connectivity index (χ1n) is 7.05. The van der Waals surface area contributed by atoms with E-state index in [0.717, 1.165) is 32.4 Å². The number of anilines is 1. The van der Waals surface area contributed by atoms with Crippen molar-refractivity contribution >= 4 is 5.69 Å². The van der Waals surface area contributed by atoms with Gasteiger partial charge in [0.15, 0.2) is 0 Å². The molecule has 0 amide bonds. The largest absolute Gasteiger partial charge is 0.383 e. The van der Waals surface area contributed by atoms with Crippen molar-refractivity contribution < 1.29 is 9.13 Å². The van der Waals surface area contributed by atoms with Crippen molar-refractivity contribution in [3.05, 3.63) is 29.6 Å². The number of piperidine rings is 1. The van der Waals surface area contributed by atoms with Gasteiger partial charge in [-0.15, -0.1) is 0 Å². The van der Waals surface area contributed by atoms with Crippen LogP contribution < -0.4 is 10.6 Å². The highest BCUT2D eigenvalue weighted by Crippen LogP contribution is 2.15. The molecule has 1 aromatic rings. The molecule has 0 bridgehead atoms. The lowest BCUT2D eigenvalue weighted by Gasteiger charge is -2.22. The van der Waals surface area contributed by atoms with E-state index in [9.17, 15) is 4.39 Å².